The molecule has 0 bridgehead atoms. The van der Waals surface area contributed by atoms with Crippen molar-refractivity contribution >= 4 is 28.0 Å². The fourth-order valence-electron chi connectivity index (χ4n) is 2.71. The molecule has 1 aliphatic heterocycles. The van der Waals surface area contributed by atoms with E-state index in [1.807, 2.05) is 0 Å². The van der Waals surface area contributed by atoms with E-state index in [0.717, 1.165) is 0 Å². The van der Waals surface area contributed by atoms with Crippen LogP contribution in [-0.2, 0) is 29.1 Å². The molecule has 0 N–H and O–H groups in total. The SMILES string of the molecule is C=CCN(CC=C)C(=O)COC(=O)/C=C/c1ccc(S(=O)(=O)N2CCOCC2)cc1. The summed E-state index contributed by atoms with van der Waals surface area (Å²) in [5, 5.41) is 0. The second kappa shape index (κ2) is 11.4. The predicted octanol–water partition coefficient (Wildman–Crippen LogP) is 1.46. The van der Waals surface area contributed by atoms with Crippen LogP contribution in [0.15, 0.2) is 60.5 Å². The zero-order valence-corrected chi connectivity index (χ0v) is 17.6. The highest BCUT2D eigenvalue weighted by atomic mass is 32.2. The van der Waals surface area contributed by atoms with Crippen molar-refractivity contribution in [1.82, 2.24) is 9.21 Å². The van der Waals surface area contributed by atoms with Crippen molar-refractivity contribution in [2.75, 3.05) is 46.0 Å². The number of esters is 1. The first-order valence-corrected chi connectivity index (χ1v) is 10.8. The van der Waals surface area contributed by atoms with E-state index in [0.29, 0.717) is 45.0 Å². The van der Waals surface area contributed by atoms with Gasteiger partial charge in [0.15, 0.2) is 6.61 Å². The standard InChI is InChI=1S/C21H26N2O6S/c1-3-11-22(12-4-2)20(24)17-29-21(25)10-7-18-5-8-19(9-6-18)30(26,27)23-13-15-28-16-14-23/h3-10H,1-2,11-17H2/b10-7+. The molecule has 8 nitrogen and oxygen atoms in total. The largest absolute Gasteiger partial charge is 0.452 e. The number of amides is 1. The number of hydrogen-bond acceptors (Lipinski definition) is 6. The molecule has 0 spiro atoms. The summed E-state index contributed by atoms with van der Waals surface area (Å²) < 4.78 is 36.7. The second-order valence-electron chi connectivity index (χ2n) is 6.40. The van der Waals surface area contributed by atoms with Crippen LogP contribution in [0.5, 0.6) is 0 Å². The van der Waals surface area contributed by atoms with Crippen LogP contribution in [0, 0.1) is 0 Å². The molecule has 1 fully saturated rings. The Morgan fingerprint density at radius 2 is 1.70 bits per heavy atom. The van der Waals surface area contributed by atoms with Gasteiger partial charge in [0.1, 0.15) is 0 Å². The average Bonchev–Trinajstić information content (AvgIpc) is 2.76. The molecule has 1 aromatic rings. The number of benzene rings is 1. The van der Waals surface area contributed by atoms with Gasteiger partial charge in [0.25, 0.3) is 5.91 Å². The molecule has 0 saturated carbocycles. The molecule has 0 atom stereocenters. The van der Waals surface area contributed by atoms with Crippen molar-refractivity contribution in [2.24, 2.45) is 0 Å². The van der Waals surface area contributed by atoms with Gasteiger partial charge >= 0.3 is 5.97 Å². The number of sulfonamides is 1. The van der Waals surface area contributed by atoms with Crippen molar-refractivity contribution < 1.29 is 27.5 Å². The Labute approximate surface area is 177 Å². The van der Waals surface area contributed by atoms with Crippen molar-refractivity contribution in [3.63, 3.8) is 0 Å². The number of carbonyl (C=O) groups excluding carboxylic acids is 2. The van der Waals surface area contributed by atoms with Gasteiger partial charge < -0.3 is 14.4 Å². The lowest BCUT2D eigenvalue weighted by atomic mass is 10.2. The first-order chi connectivity index (χ1) is 14.4. The van der Waals surface area contributed by atoms with Crippen LogP contribution in [0.4, 0.5) is 0 Å². The first kappa shape index (κ1) is 23.5. The quantitative estimate of drug-likeness (QED) is 0.315. The normalized spacial score (nSPS) is 14.9. The summed E-state index contributed by atoms with van der Waals surface area (Å²) in [6, 6.07) is 6.17. The molecular formula is C21H26N2O6S. The fraction of sp³-hybridized carbons (Fsp3) is 0.333. The van der Waals surface area contributed by atoms with Gasteiger partial charge in [-0.2, -0.15) is 4.31 Å². The van der Waals surface area contributed by atoms with Gasteiger partial charge in [-0.05, 0) is 23.8 Å². The third-order valence-corrected chi connectivity index (χ3v) is 6.20. The van der Waals surface area contributed by atoms with Gasteiger partial charge in [-0.3, -0.25) is 4.79 Å². The summed E-state index contributed by atoms with van der Waals surface area (Å²) in [5.74, 6) is -1.03. The monoisotopic (exact) mass is 434 g/mol. The minimum Gasteiger partial charge on any atom is -0.452 e. The lowest BCUT2D eigenvalue weighted by Gasteiger charge is -2.26. The summed E-state index contributed by atoms with van der Waals surface area (Å²) >= 11 is 0. The maximum Gasteiger partial charge on any atom is 0.331 e. The number of nitrogens with zero attached hydrogens (tertiary/aromatic N) is 2. The maximum absolute atomic E-state index is 12.6. The highest BCUT2D eigenvalue weighted by Crippen LogP contribution is 2.18. The Kier molecular flexibility index (Phi) is 8.97. The lowest BCUT2D eigenvalue weighted by molar-refractivity contribution is -0.147. The van der Waals surface area contributed by atoms with Crippen LogP contribution in [0.2, 0.25) is 0 Å². The van der Waals surface area contributed by atoms with Gasteiger partial charge in [0, 0.05) is 32.3 Å². The smallest absolute Gasteiger partial charge is 0.331 e. The highest BCUT2D eigenvalue weighted by Gasteiger charge is 2.25. The molecule has 1 saturated heterocycles. The average molecular weight is 435 g/mol. The molecule has 1 heterocycles. The van der Waals surface area contributed by atoms with Crippen molar-refractivity contribution in [3.05, 3.63) is 61.2 Å². The first-order valence-electron chi connectivity index (χ1n) is 9.41. The van der Waals surface area contributed by atoms with E-state index in [2.05, 4.69) is 13.2 Å². The highest BCUT2D eigenvalue weighted by molar-refractivity contribution is 7.89. The van der Waals surface area contributed by atoms with Gasteiger partial charge in [-0.15, -0.1) is 13.2 Å². The van der Waals surface area contributed by atoms with Crippen LogP contribution in [0.25, 0.3) is 6.08 Å². The molecule has 0 unspecified atom stereocenters. The van der Waals surface area contributed by atoms with Crippen LogP contribution in [-0.4, -0.2) is 75.5 Å². The molecule has 1 amide bonds. The molecule has 30 heavy (non-hydrogen) atoms. The predicted molar refractivity (Wildman–Crippen MR) is 113 cm³/mol. The van der Waals surface area contributed by atoms with Gasteiger partial charge in [0.05, 0.1) is 18.1 Å². The number of rotatable bonds is 10. The Hall–Kier alpha value is -2.75. The van der Waals surface area contributed by atoms with E-state index in [1.165, 1.54) is 33.5 Å². The van der Waals surface area contributed by atoms with E-state index in [1.54, 1.807) is 24.3 Å². The summed E-state index contributed by atoms with van der Waals surface area (Å²) in [6.45, 7) is 8.84. The number of morpholine rings is 1. The van der Waals surface area contributed by atoms with Crippen molar-refractivity contribution in [2.45, 2.75) is 4.90 Å². The van der Waals surface area contributed by atoms with Gasteiger partial charge in [-0.1, -0.05) is 24.3 Å². The second-order valence-corrected chi connectivity index (χ2v) is 8.34. The maximum atomic E-state index is 12.6. The van der Waals surface area contributed by atoms with E-state index >= 15 is 0 Å². The molecule has 2 rings (SSSR count). The third-order valence-electron chi connectivity index (χ3n) is 4.29. The van der Waals surface area contributed by atoms with Crippen LogP contribution >= 0.6 is 0 Å². The molecule has 162 valence electrons. The van der Waals surface area contributed by atoms with Gasteiger partial charge in [-0.25, -0.2) is 13.2 Å². The minimum absolute atomic E-state index is 0.180. The van der Waals surface area contributed by atoms with E-state index in [4.69, 9.17) is 9.47 Å². The minimum atomic E-state index is -3.56. The van der Waals surface area contributed by atoms with E-state index in [-0.39, 0.29) is 17.4 Å². The third kappa shape index (κ3) is 6.65. The summed E-state index contributed by atoms with van der Waals surface area (Å²) in [5.41, 5.74) is 0.624. The molecule has 0 aliphatic carbocycles. The molecule has 0 aromatic heterocycles. The van der Waals surface area contributed by atoms with E-state index in [9.17, 15) is 18.0 Å². The summed E-state index contributed by atoms with van der Waals surface area (Å²) in [6.07, 6.45) is 5.82. The summed E-state index contributed by atoms with van der Waals surface area (Å²) in [7, 11) is -3.56. The zero-order chi connectivity index (χ0) is 22.0. The number of carbonyl (C=O) groups is 2. The van der Waals surface area contributed by atoms with Crippen LogP contribution in [0.1, 0.15) is 5.56 Å². The number of ether oxygens (including phenoxy) is 2. The molecule has 0 radical (unpaired) electrons. The summed E-state index contributed by atoms with van der Waals surface area (Å²) in [4.78, 5) is 25.5. The Morgan fingerprint density at radius 1 is 1.10 bits per heavy atom. The molecule has 1 aliphatic rings. The van der Waals surface area contributed by atoms with Crippen molar-refractivity contribution in [3.8, 4) is 0 Å². The zero-order valence-electron chi connectivity index (χ0n) is 16.7. The molecular weight excluding hydrogens is 408 g/mol. The van der Waals surface area contributed by atoms with E-state index < -0.39 is 16.0 Å². The molecule has 9 heteroatoms. The van der Waals surface area contributed by atoms with Crippen LogP contribution < -0.4 is 0 Å². The fourth-order valence-corrected chi connectivity index (χ4v) is 4.12. The van der Waals surface area contributed by atoms with Crippen molar-refractivity contribution in [1.29, 1.82) is 0 Å². The van der Waals surface area contributed by atoms with Gasteiger partial charge in [0.2, 0.25) is 10.0 Å². The molecule has 1 aromatic carbocycles. The Bertz CT molecular complexity index is 877. The van der Waals surface area contributed by atoms with Crippen LogP contribution in [0.3, 0.4) is 0 Å². The lowest BCUT2D eigenvalue weighted by Crippen LogP contribution is -2.40. The Morgan fingerprint density at radius 3 is 2.27 bits per heavy atom. The number of hydrogen-bond donors (Lipinski definition) is 0. The topological polar surface area (TPSA) is 93.2 Å². The Balaban J connectivity index is 1.91.